The second-order valence-corrected chi connectivity index (χ2v) is 12.7. The van der Waals surface area contributed by atoms with Gasteiger partial charge in [0.1, 0.15) is 23.7 Å². The summed E-state index contributed by atoms with van der Waals surface area (Å²) in [6.07, 6.45) is 0.00945. The number of carboxylic acid groups (broad SMARTS) is 1. The van der Waals surface area contributed by atoms with Crippen LogP contribution in [0.2, 0.25) is 10.0 Å². The minimum Gasteiger partial charge on any atom is -0.487 e. The molecule has 4 aromatic rings. The van der Waals surface area contributed by atoms with Gasteiger partial charge in [-0.05, 0) is 79.8 Å². The lowest BCUT2D eigenvalue weighted by Crippen LogP contribution is -2.14. The van der Waals surface area contributed by atoms with E-state index in [9.17, 15) is 4.79 Å². The molecule has 0 fully saturated rings. The normalized spacial score (nSPS) is 11.7. The lowest BCUT2D eigenvalue weighted by Gasteiger charge is -2.27. The highest BCUT2D eigenvalue weighted by molar-refractivity contribution is 8.00. The van der Waals surface area contributed by atoms with Crippen LogP contribution in [0.3, 0.4) is 0 Å². The van der Waals surface area contributed by atoms with Gasteiger partial charge in [0.2, 0.25) is 0 Å². The number of para-hydroxylation sites is 1. The second kappa shape index (κ2) is 12.0. The summed E-state index contributed by atoms with van der Waals surface area (Å²) in [4.78, 5) is 12.2. The van der Waals surface area contributed by atoms with Gasteiger partial charge in [0.25, 0.3) is 0 Å². The first kappa shape index (κ1) is 29.0. The van der Waals surface area contributed by atoms with Crippen molar-refractivity contribution < 1.29 is 14.6 Å². The zero-order valence-electron chi connectivity index (χ0n) is 22.5. The lowest BCUT2D eigenvalue weighted by atomic mass is 9.97. The molecule has 0 radical (unpaired) electrons. The molecule has 0 atom stereocenters. The standard InChI is InChI=1S/C30H31Cl2N3O3S/c1-18(2)28-26(35(34-33-28)29-24(31)10-7-11-25(29)32)17-38-21-12-13-23(19(3)14-21)30(4,5)39-22-9-6-8-20(15-22)16-27(36)37/h6-15,18H,16-17H2,1-5H3,(H,36,37). The molecule has 0 aliphatic carbocycles. The van der Waals surface area contributed by atoms with Crippen molar-refractivity contribution in [3.8, 4) is 11.4 Å². The van der Waals surface area contributed by atoms with E-state index < -0.39 is 5.97 Å². The van der Waals surface area contributed by atoms with Gasteiger partial charge in [0.15, 0.2) is 0 Å². The quantitative estimate of drug-likeness (QED) is 0.189. The molecule has 0 saturated carbocycles. The number of hydrogen-bond donors (Lipinski definition) is 1. The van der Waals surface area contributed by atoms with Crippen molar-refractivity contribution in [2.24, 2.45) is 0 Å². The van der Waals surface area contributed by atoms with Crippen LogP contribution < -0.4 is 4.74 Å². The molecule has 0 bridgehead atoms. The van der Waals surface area contributed by atoms with E-state index in [1.54, 1.807) is 34.6 Å². The second-order valence-electron chi connectivity index (χ2n) is 10.2. The molecule has 0 aliphatic heterocycles. The number of aliphatic carboxylic acids is 1. The molecular weight excluding hydrogens is 553 g/mol. The molecule has 0 amide bonds. The summed E-state index contributed by atoms with van der Waals surface area (Å²) in [5.74, 6) is 0.0277. The van der Waals surface area contributed by atoms with Crippen molar-refractivity contribution in [3.63, 3.8) is 0 Å². The zero-order chi connectivity index (χ0) is 28.3. The first-order valence-corrected chi connectivity index (χ1v) is 14.2. The monoisotopic (exact) mass is 583 g/mol. The molecule has 204 valence electrons. The number of thioether (sulfide) groups is 1. The highest BCUT2D eigenvalue weighted by atomic mass is 35.5. The average Bonchev–Trinajstić information content (AvgIpc) is 3.26. The summed E-state index contributed by atoms with van der Waals surface area (Å²) in [5, 5.41) is 18.8. The summed E-state index contributed by atoms with van der Waals surface area (Å²) in [6.45, 7) is 10.8. The number of ether oxygens (including phenoxy) is 1. The highest BCUT2D eigenvalue weighted by Gasteiger charge is 2.25. The minimum atomic E-state index is -0.836. The van der Waals surface area contributed by atoms with E-state index in [4.69, 9.17) is 33.0 Å². The van der Waals surface area contributed by atoms with Gasteiger partial charge in [0.05, 0.1) is 22.2 Å². The van der Waals surface area contributed by atoms with Crippen molar-refractivity contribution in [2.75, 3.05) is 0 Å². The Hall–Kier alpha value is -3.00. The summed E-state index contributed by atoms with van der Waals surface area (Å²) >= 11 is 14.6. The number of aromatic nitrogens is 3. The van der Waals surface area contributed by atoms with E-state index in [2.05, 4.69) is 51.0 Å². The predicted molar refractivity (Wildman–Crippen MR) is 158 cm³/mol. The largest absolute Gasteiger partial charge is 0.487 e. The Kier molecular flexibility index (Phi) is 8.94. The molecule has 1 N–H and O–H groups in total. The number of halogens is 2. The van der Waals surface area contributed by atoms with Crippen molar-refractivity contribution >= 4 is 40.9 Å². The predicted octanol–water partition coefficient (Wildman–Crippen LogP) is 8.24. The van der Waals surface area contributed by atoms with Gasteiger partial charge in [-0.15, -0.1) is 16.9 Å². The molecule has 39 heavy (non-hydrogen) atoms. The van der Waals surface area contributed by atoms with E-state index in [-0.39, 0.29) is 23.7 Å². The van der Waals surface area contributed by atoms with Gasteiger partial charge in [-0.2, -0.15) is 0 Å². The first-order chi connectivity index (χ1) is 18.5. The van der Waals surface area contributed by atoms with Crippen molar-refractivity contribution in [3.05, 3.63) is 98.8 Å². The number of rotatable bonds is 10. The van der Waals surface area contributed by atoms with E-state index in [0.717, 1.165) is 33.2 Å². The first-order valence-electron chi connectivity index (χ1n) is 12.6. The summed E-state index contributed by atoms with van der Waals surface area (Å²) in [7, 11) is 0. The van der Waals surface area contributed by atoms with Crippen molar-refractivity contribution in [1.82, 2.24) is 15.0 Å². The van der Waals surface area contributed by atoms with Crippen LogP contribution in [-0.2, 0) is 22.6 Å². The maximum atomic E-state index is 11.1. The third-order valence-corrected chi connectivity index (χ3v) is 8.17. The Morgan fingerprint density at radius 3 is 2.41 bits per heavy atom. The Bertz CT molecular complexity index is 1480. The van der Waals surface area contributed by atoms with Crippen LogP contribution in [-0.4, -0.2) is 26.1 Å². The Morgan fingerprint density at radius 2 is 1.77 bits per heavy atom. The number of carboxylic acids is 1. The van der Waals surface area contributed by atoms with E-state index in [0.29, 0.717) is 15.7 Å². The summed E-state index contributed by atoms with van der Waals surface area (Å²) in [6, 6.07) is 19.1. The van der Waals surface area contributed by atoms with Gasteiger partial charge in [-0.1, -0.05) is 66.5 Å². The summed E-state index contributed by atoms with van der Waals surface area (Å²) in [5.41, 5.74) is 5.24. The average molecular weight is 585 g/mol. The van der Waals surface area contributed by atoms with Crippen LogP contribution in [0.5, 0.6) is 5.75 Å². The van der Waals surface area contributed by atoms with E-state index in [1.807, 2.05) is 36.4 Å². The Labute approximate surface area is 243 Å². The number of nitrogens with zero attached hydrogens (tertiary/aromatic N) is 3. The molecule has 0 unspecified atom stereocenters. The molecule has 4 rings (SSSR count). The molecule has 3 aromatic carbocycles. The highest BCUT2D eigenvalue weighted by Crippen LogP contribution is 2.43. The van der Waals surface area contributed by atoms with Crippen LogP contribution in [0, 0.1) is 6.92 Å². The molecule has 0 saturated heterocycles. The number of benzene rings is 3. The van der Waals surface area contributed by atoms with Crippen molar-refractivity contribution in [2.45, 2.75) is 63.2 Å². The zero-order valence-corrected chi connectivity index (χ0v) is 24.9. The van der Waals surface area contributed by atoms with Gasteiger partial charge in [0, 0.05) is 9.64 Å². The smallest absolute Gasteiger partial charge is 0.307 e. The van der Waals surface area contributed by atoms with Crippen LogP contribution >= 0.6 is 35.0 Å². The number of aryl methyl sites for hydroxylation is 1. The molecule has 0 spiro atoms. The fourth-order valence-electron chi connectivity index (χ4n) is 4.56. The number of carbonyl (C=O) groups is 1. The third kappa shape index (κ3) is 6.78. The maximum Gasteiger partial charge on any atom is 0.307 e. The van der Waals surface area contributed by atoms with E-state index in [1.165, 1.54) is 5.56 Å². The molecular formula is C30H31Cl2N3O3S. The Morgan fingerprint density at radius 1 is 1.08 bits per heavy atom. The lowest BCUT2D eigenvalue weighted by molar-refractivity contribution is -0.136. The molecule has 6 nitrogen and oxygen atoms in total. The van der Waals surface area contributed by atoms with Crippen molar-refractivity contribution in [1.29, 1.82) is 0 Å². The van der Waals surface area contributed by atoms with Crippen LogP contribution in [0.1, 0.15) is 61.7 Å². The fourth-order valence-corrected chi connectivity index (χ4v) is 6.41. The van der Waals surface area contributed by atoms with Crippen LogP contribution in [0.25, 0.3) is 5.69 Å². The SMILES string of the molecule is Cc1cc(OCc2c(C(C)C)nnn2-c2c(Cl)cccc2Cl)ccc1C(C)(C)Sc1cccc(CC(=O)O)c1. The van der Waals surface area contributed by atoms with Gasteiger partial charge < -0.3 is 9.84 Å². The third-order valence-electron chi connectivity index (χ3n) is 6.34. The van der Waals surface area contributed by atoms with Crippen LogP contribution in [0.4, 0.5) is 0 Å². The number of hydrogen-bond acceptors (Lipinski definition) is 5. The minimum absolute atomic E-state index is 0.00945. The molecule has 1 aromatic heterocycles. The molecule has 1 heterocycles. The van der Waals surface area contributed by atoms with E-state index >= 15 is 0 Å². The maximum absolute atomic E-state index is 11.1. The molecule has 9 heteroatoms. The van der Waals surface area contributed by atoms with Gasteiger partial charge >= 0.3 is 5.97 Å². The van der Waals surface area contributed by atoms with Gasteiger partial charge in [-0.3, -0.25) is 4.79 Å². The molecule has 0 aliphatic rings. The topological polar surface area (TPSA) is 77.2 Å². The Balaban J connectivity index is 1.56. The van der Waals surface area contributed by atoms with Crippen LogP contribution in [0.15, 0.2) is 65.6 Å². The fraction of sp³-hybridized carbons (Fsp3) is 0.300. The summed E-state index contributed by atoms with van der Waals surface area (Å²) < 4.78 is 7.67. The van der Waals surface area contributed by atoms with Gasteiger partial charge in [-0.25, -0.2) is 4.68 Å².